The highest BCUT2D eigenvalue weighted by atomic mass is 19.4. The zero-order valence-corrected chi connectivity index (χ0v) is 13.9. The smallest absolute Gasteiger partial charge is 0.360 e. The standard InChI is InChI=1S/C17H14F4N2O4/c18-13(9-23-14(24)11-5-1-2-6-12(11)15(23)25)10-4-3-7-22(8-10)27-16(26)17(19,20)21/h1-2,5-6H,3-4,7-9H2/b13-10+. The zero-order valence-electron chi connectivity index (χ0n) is 13.9. The van der Waals surface area contributed by atoms with E-state index in [4.69, 9.17) is 0 Å². The average Bonchev–Trinajstić information content (AvgIpc) is 2.86. The second-order valence-corrected chi connectivity index (χ2v) is 6.09. The predicted octanol–water partition coefficient (Wildman–Crippen LogP) is 2.62. The number of imide groups is 1. The van der Waals surface area contributed by atoms with Crippen LogP contribution in [0.25, 0.3) is 0 Å². The molecule has 0 atom stereocenters. The summed E-state index contributed by atoms with van der Waals surface area (Å²) >= 11 is 0. The number of hydrogen-bond donors (Lipinski definition) is 0. The molecule has 0 bridgehead atoms. The molecule has 144 valence electrons. The van der Waals surface area contributed by atoms with Crippen molar-refractivity contribution >= 4 is 17.8 Å². The monoisotopic (exact) mass is 386 g/mol. The highest BCUT2D eigenvalue weighted by Gasteiger charge is 2.43. The van der Waals surface area contributed by atoms with Gasteiger partial charge in [-0.1, -0.05) is 12.1 Å². The van der Waals surface area contributed by atoms with Gasteiger partial charge in [0.05, 0.1) is 24.2 Å². The zero-order chi connectivity index (χ0) is 19.8. The number of fused-ring (bicyclic) bond motifs is 1. The van der Waals surface area contributed by atoms with Crippen LogP contribution in [-0.4, -0.2) is 53.6 Å². The SMILES string of the molecule is O=C1c2ccccc2C(=O)N1C/C(F)=C1/CCCN(OC(=O)C(F)(F)F)C1. The molecule has 1 aromatic carbocycles. The summed E-state index contributed by atoms with van der Waals surface area (Å²) in [4.78, 5) is 40.4. The Morgan fingerprint density at radius 1 is 1.11 bits per heavy atom. The van der Waals surface area contributed by atoms with Crippen LogP contribution in [0.15, 0.2) is 35.7 Å². The van der Waals surface area contributed by atoms with Gasteiger partial charge in [-0.05, 0) is 30.5 Å². The molecule has 1 aromatic rings. The third-order valence-corrected chi connectivity index (χ3v) is 4.26. The number of alkyl halides is 3. The van der Waals surface area contributed by atoms with Gasteiger partial charge in [0.1, 0.15) is 5.83 Å². The van der Waals surface area contributed by atoms with E-state index in [-0.39, 0.29) is 42.6 Å². The number of nitrogens with zero attached hydrogens (tertiary/aromatic N) is 2. The van der Waals surface area contributed by atoms with Crippen molar-refractivity contribution in [2.24, 2.45) is 0 Å². The molecule has 0 spiro atoms. The van der Waals surface area contributed by atoms with Gasteiger partial charge in [-0.3, -0.25) is 14.5 Å². The predicted molar refractivity (Wildman–Crippen MR) is 82.9 cm³/mol. The quantitative estimate of drug-likeness (QED) is 0.590. The van der Waals surface area contributed by atoms with Gasteiger partial charge in [0.2, 0.25) is 0 Å². The van der Waals surface area contributed by atoms with Gasteiger partial charge in [-0.25, -0.2) is 9.18 Å². The molecule has 2 aliphatic rings. The molecule has 10 heteroatoms. The second kappa shape index (κ2) is 7.10. The fourth-order valence-corrected chi connectivity index (χ4v) is 2.94. The Kier molecular flexibility index (Phi) is 5.01. The lowest BCUT2D eigenvalue weighted by Gasteiger charge is -2.28. The van der Waals surface area contributed by atoms with E-state index < -0.39 is 36.3 Å². The highest BCUT2D eigenvalue weighted by Crippen LogP contribution is 2.27. The van der Waals surface area contributed by atoms with E-state index in [1.165, 1.54) is 12.1 Å². The van der Waals surface area contributed by atoms with Gasteiger partial charge >= 0.3 is 12.1 Å². The van der Waals surface area contributed by atoms with Crippen LogP contribution < -0.4 is 0 Å². The normalized spacial score (nSPS) is 19.9. The molecular formula is C17H14F4N2O4. The molecule has 0 aromatic heterocycles. The van der Waals surface area contributed by atoms with Gasteiger partial charge in [-0.2, -0.15) is 13.2 Å². The maximum absolute atomic E-state index is 14.6. The fourth-order valence-electron chi connectivity index (χ4n) is 2.94. The highest BCUT2D eigenvalue weighted by molar-refractivity contribution is 6.21. The molecule has 0 N–H and O–H groups in total. The van der Waals surface area contributed by atoms with Crippen LogP contribution in [0.5, 0.6) is 0 Å². The Morgan fingerprint density at radius 3 is 2.26 bits per heavy atom. The molecule has 0 saturated carbocycles. The van der Waals surface area contributed by atoms with Crippen molar-refractivity contribution < 1.29 is 36.8 Å². The first-order valence-electron chi connectivity index (χ1n) is 8.04. The number of amides is 2. The summed E-state index contributed by atoms with van der Waals surface area (Å²) in [7, 11) is 0. The van der Waals surface area contributed by atoms with Gasteiger partial charge in [-0.15, -0.1) is 5.06 Å². The number of carbonyl (C=O) groups is 3. The Hall–Kier alpha value is -2.75. The molecule has 1 fully saturated rings. The van der Waals surface area contributed by atoms with E-state index in [9.17, 15) is 31.9 Å². The van der Waals surface area contributed by atoms with Crippen LogP contribution in [0, 0.1) is 0 Å². The topological polar surface area (TPSA) is 66.9 Å². The number of hydroxylamine groups is 2. The first kappa shape index (κ1) is 19.0. The lowest BCUT2D eigenvalue weighted by Crippen LogP contribution is -2.39. The van der Waals surface area contributed by atoms with Gasteiger partial charge < -0.3 is 4.84 Å². The van der Waals surface area contributed by atoms with E-state index in [0.29, 0.717) is 0 Å². The molecule has 6 nitrogen and oxygen atoms in total. The molecule has 3 rings (SSSR count). The average molecular weight is 386 g/mol. The third-order valence-electron chi connectivity index (χ3n) is 4.26. The minimum atomic E-state index is -5.15. The molecule has 2 aliphatic heterocycles. The largest absolute Gasteiger partial charge is 0.492 e. The van der Waals surface area contributed by atoms with E-state index in [1.54, 1.807) is 12.1 Å². The van der Waals surface area contributed by atoms with Crippen LogP contribution in [0.4, 0.5) is 17.6 Å². The molecule has 0 unspecified atom stereocenters. The summed E-state index contributed by atoms with van der Waals surface area (Å²) in [6, 6.07) is 6.08. The lowest BCUT2D eigenvalue weighted by molar-refractivity contribution is -0.238. The Balaban J connectivity index is 1.71. The van der Waals surface area contributed by atoms with Gasteiger partial charge in [0.15, 0.2) is 0 Å². The van der Waals surface area contributed by atoms with E-state index in [0.717, 1.165) is 9.96 Å². The van der Waals surface area contributed by atoms with Crippen LogP contribution in [-0.2, 0) is 9.63 Å². The number of carbonyl (C=O) groups excluding carboxylic acids is 3. The Morgan fingerprint density at radius 2 is 1.70 bits per heavy atom. The van der Waals surface area contributed by atoms with Crippen molar-refractivity contribution in [1.82, 2.24) is 9.96 Å². The van der Waals surface area contributed by atoms with Crippen LogP contribution in [0.1, 0.15) is 33.6 Å². The summed E-state index contributed by atoms with van der Waals surface area (Å²) in [6.45, 7) is -0.967. The number of benzene rings is 1. The van der Waals surface area contributed by atoms with Crippen molar-refractivity contribution in [2.45, 2.75) is 19.0 Å². The van der Waals surface area contributed by atoms with Gasteiger partial charge in [0, 0.05) is 6.54 Å². The Labute approximate surface area is 150 Å². The Bertz CT molecular complexity index is 799. The third kappa shape index (κ3) is 3.85. The molecule has 2 amide bonds. The van der Waals surface area contributed by atoms with Crippen molar-refractivity contribution in [1.29, 1.82) is 0 Å². The van der Waals surface area contributed by atoms with E-state index in [1.807, 2.05) is 0 Å². The van der Waals surface area contributed by atoms with Crippen molar-refractivity contribution in [3.05, 3.63) is 46.8 Å². The number of rotatable bonds is 3. The first-order chi connectivity index (χ1) is 12.7. The van der Waals surface area contributed by atoms with Crippen molar-refractivity contribution in [3.8, 4) is 0 Å². The van der Waals surface area contributed by atoms with Crippen molar-refractivity contribution in [3.63, 3.8) is 0 Å². The van der Waals surface area contributed by atoms with Gasteiger partial charge in [0.25, 0.3) is 11.8 Å². The number of piperidine rings is 1. The van der Waals surface area contributed by atoms with Crippen molar-refractivity contribution in [2.75, 3.05) is 19.6 Å². The molecule has 0 aliphatic carbocycles. The summed E-state index contributed by atoms with van der Waals surface area (Å²) in [5, 5.41) is 0.719. The maximum atomic E-state index is 14.6. The van der Waals surface area contributed by atoms with Crippen LogP contribution in [0.3, 0.4) is 0 Å². The van der Waals surface area contributed by atoms with E-state index >= 15 is 0 Å². The molecule has 27 heavy (non-hydrogen) atoms. The molecule has 1 saturated heterocycles. The summed E-state index contributed by atoms with van der Waals surface area (Å²) < 4.78 is 51.4. The summed E-state index contributed by atoms with van der Waals surface area (Å²) in [6.07, 6.45) is -4.68. The van der Waals surface area contributed by atoms with Crippen LogP contribution in [0.2, 0.25) is 0 Å². The fraction of sp³-hybridized carbons (Fsp3) is 0.353. The lowest BCUT2D eigenvalue weighted by atomic mass is 10.1. The minimum absolute atomic E-state index is 0.0195. The van der Waals surface area contributed by atoms with Crippen LogP contribution >= 0.6 is 0 Å². The second-order valence-electron chi connectivity index (χ2n) is 6.09. The summed E-state index contributed by atoms with van der Waals surface area (Å²) in [5.41, 5.74) is 0.419. The summed E-state index contributed by atoms with van der Waals surface area (Å²) in [5.74, 6) is -4.47. The number of halogens is 4. The number of hydrogen-bond acceptors (Lipinski definition) is 5. The first-order valence-corrected chi connectivity index (χ1v) is 8.04. The molecular weight excluding hydrogens is 372 g/mol. The minimum Gasteiger partial charge on any atom is -0.360 e. The maximum Gasteiger partial charge on any atom is 0.492 e. The molecule has 2 heterocycles. The molecule has 0 radical (unpaired) electrons. The van der Waals surface area contributed by atoms with E-state index in [2.05, 4.69) is 4.84 Å².